The summed E-state index contributed by atoms with van der Waals surface area (Å²) in [4.78, 5) is 4.32. The van der Waals surface area contributed by atoms with Crippen molar-refractivity contribution in [2.75, 3.05) is 0 Å². The van der Waals surface area contributed by atoms with E-state index in [1.807, 2.05) is 12.3 Å². The van der Waals surface area contributed by atoms with Gasteiger partial charge < -0.3 is 5.73 Å². The van der Waals surface area contributed by atoms with Crippen molar-refractivity contribution >= 4 is 11.3 Å². The Kier molecular flexibility index (Phi) is 3.31. The number of benzene rings is 1. The molecule has 2 nitrogen and oxygen atoms in total. The van der Waals surface area contributed by atoms with Gasteiger partial charge in [-0.05, 0) is 13.0 Å². The van der Waals surface area contributed by atoms with Gasteiger partial charge in [-0.25, -0.2) is 9.37 Å². The lowest BCUT2D eigenvalue weighted by Crippen LogP contribution is -2.14. The first-order valence-electron chi connectivity index (χ1n) is 5.08. The normalized spacial score (nSPS) is 12.7. The maximum atomic E-state index is 13.5. The average Bonchev–Trinajstić information content (AvgIpc) is 2.64. The molecule has 84 valence electrons. The third-order valence-corrected chi connectivity index (χ3v) is 3.35. The van der Waals surface area contributed by atoms with Crippen LogP contribution in [0, 0.1) is 12.7 Å². The third-order valence-electron chi connectivity index (χ3n) is 2.37. The predicted molar refractivity (Wildman–Crippen MR) is 63.9 cm³/mol. The van der Waals surface area contributed by atoms with Crippen molar-refractivity contribution in [3.63, 3.8) is 0 Å². The van der Waals surface area contributed by atoms with Crippen molar-refractivity contribution in [3.05, 3.63) is 51.7 Å². The van der Waals surface area contributed by atoms with Gasteiger partial charge in [-0.1, -0.05) is 18.2 Å². The molecule has 1 heterocycles. The molecule has 0 fully saturated rings. The zero-order chi connectivity index (χ0) is 11.5. The van der Waals surface area contributed by atoms with Gasteiger partial charge in [-0.15, -0.1) is 11.3 Å². The van der Waals surface area contributed by atoms with Gasteiger partial charge in [0.25, 0.3) is 0 Å². The second-order valence-corrected chi connectivity index (χ2v) is 4.66. The standard InChI is InChI=1S/C12H13FN2S/c1-8-7-16-12(15-8)6-11(14)9-4-2-3-5-10(9)13/h2-5,7,11H,6,14H2,1H3. The van der Waals surface area contributed by atoms with E-state index in [2.05, 4.69) is 4.98 Å². The average molecular weight is 236 g/mol. The van der Waals surface area contributed by atoms with Crippen LogP contribution in [0.25, 0.3) is 0 Å². The van der Waals surface area contributed by atoms with Crippen molar-refractivity contribution in [2.45, 2.75) is 19.4 Å². The number of hydrogen-bond donors (Lipinski definition) is 1. The van der Waals surface area contributed by atoms with Crippen molar-refractivity contribution in [3.8, 4) is 0 Å². The maximum Gasteiger partial charge on any atom is 0.127 e. The number of rotatable bonds is 3. The van der Waals surface area contributed by atoms with Gasteiger partial charge in [-0.3, -0.25) is 0 Å². The van der Waals surface area contributed by atoms with Crippen LogP contribution in [0.2, 0.25) is 0 Å². The van der Waals surface area contributed by atoms with E-state index in [9.17, 15) is 4.39 Å². The number of halogens is 1. The van der Waals surface area contributed by atoms with Crippen LogP contribution in [0.5, 0.6) is 0 Å². The van der Waals surface area contributed by atoms with E-state index in [1.165, 1.54) is 6.07 Å². The summed E-state index contributed by atoms with van der Waals surface area (Å²) in [6, 6.07) is 6.29. The number of nitrogens with two attached hydrogens (primary N) is 1. The molecule has 0 amide bonds. The van der Waals surface area contributed by atoms with E-state index >= 15 is 0 Å². The van der Waals surface area contributed by atoms with Crippen LogP contribution in [-0.2, 0) is 6.42 Å². The summed E-state index contributed by atoms with van der Waals surface area (Å²) in [5, 5.41) is 2.93. The van der Waals surface area contributed by atoms with Crippen LogP contribution >= 0.6 is 11.3 Å². The van der Waals surface area contributed by atoms with Gasteiger partial charge >= 0.3 is 0 Å². The van der Waals surface area contributed by atoms with E-state index < -0.39 is 0 Å². The Morgan fingerprint density at radius 1 is 1.44 bits per heavy atom. The van der Waals surface area contributed by atoms with Crippen molar-refractivity contribution in [1.29, 1.82) is 0 Å². The zero-order valence-corrected chi connectivity index (χ0v) is 9.80. The summed E-state index contributed by atoms with van der Waals surface area (Å²) in [6.45, 7) is 1.94. The zero-order valence-electron chi connectivity index (χ0n) is 8.98. The monoisotopic (exact) mass is 236 g/mol. The molecule has 16 heavy (non-hydrogen) atoms. The van der Waals surface area contributed by atoms with Gasteiger partial charge in [0.05, 0.1) is 5.01 Å². The van der Waals surface area contributed by atoms with Crippen molar-refractivity contribution in [2.24, 2.45) is 5.73 Å². The van der Waals surface area contributed by atoms with E-state index in [1.54, 1.807) is 29.5 Å². The van der Waals surface area contributed by atoms with Gasteiger partial charge in [0.15, 0.2) is 0 Å². The molecule has 0 aliphatic heterocycles. The molecule has 0 saturated heterocycles. The lowest BCUT2D eigenvalue weighted by molar-refractivity contribution is 0.580. The predicted octanol–water partition coefficient (Wildman–Crippen LogP) is 2.83. The Morgan fingerprint density at radius 2 is 2.19 bits per heavy atom. The second kappa shape index (κ2) is 4.72. The minimum atomic E-state index is -0.327. The van der Waals surface area contributed by atoms with Gasteiger partial charge in [0.1, 0.15) is 5.82 Å². The first kappa shape index (κ1) is 11.2. The molecule has 0 aliphatic carbocycles. The van der Waals surface area contributed by atoms with Crippen LogP contribution in [0.15, 0.2) is 29.6 Å². The molecule has 1 aromatic heterocycles. The molecule has 4 heteroatoms. The molecule has 2 rings (SSSR count). The van der Waals surface area contributed by atoms with Gasteiger partial charge in [-0.2, -0.15) is 0 Å². The van der Waals surface area contributed by atoms with Crippen LogP contribution in [0.4, 0.5) is 4.39 Å². The highest BCUT2D eigenvalue weighted by atomic mass is 32.1. The van der Waals surface area contributed by atoms with E-state index in [0.29, 0.717) is 12.0 Å². The number of aromatic nitrogens is 1. The summed E-state index contributed by atoms with van der Waals surface area (Å²) in [5.41, 5.74) is 7.50. The summed E-state index contributed by atoms with van der Waals surface area (Å²) in [7, 11) is 0. The first-order chi connectivity index (χ1) is 7.66. The minimum Gasteiger partial charge on any atom is -0.324 e. The molecule has 0 spiro atoms. The van der Waals surface area contributed by atoms with Gasteiger partial charge in [0, 0.05) is 29.1 Å². The SMILES string of the molecule is Cc1csc(CC(N)c2ccccc2F)n1. The fourth-order valence-corrected chi connectivity index (χ4v) is 2.40. The molecule has 1 atom stereocenters. The van der Waals surface area contributed by atoms with Crippen molar-refractivity contribution in [1.82, 2.24) is 4.98 Å². The number of nitrogens with zero attached hydrogens (tertiary/aromatic N) is 1. The van der Waals surface area contributed by atoms with Crippen LogP contribution in [-0.4, -0.2) is 4.98 Å². The molecule has 1 aromatic carbocycles. The number of hydrogen-bond acceptors (Lipinski definition) is 3. The largest absolute Gasteiger partial charge is 0.324 e. The molecule has 2 aromatic rings. The second-order valence-electron chi connectivity index (χ2n) is 3.71. The Hall–Kier alpha value is -1.26. The molecule has 0 saturated carbocycles. The highest BCUT2D eigenvalue weighted by Crippen LogP contribution is 2.20. The van der Waals surface area contributed by atoms with Crippen LogP contribution in [0.1, 0.15) is 22.3 Å². The van der Waals surface area contributed by atoms with Crippen LogP contribution < -0.4 is 5.73 Å². The Morgan fingerprint density at radius 3 is 2.81 bits per heavy atom. The Balaban J connectivity index is 2.14. The Labute approximate surface area is 97.9 Å². The molecule has 0 radical (unpaired) electrons. The fraction of sp³-hybridized carbons (Fsp3) is 0.250. The van der Waals surface area contributed by atoms with Crippen molar-refractivity contribution < 1.29 is 4.39 Å². The Bertz CT molecular complexity index is 481. The first-order valence-corrected chi connectivity index (χ1v) is 5.96. The quantitative estimate of drug-likeness (QED) is 0.890. The number of aryl methyl sites for hydroxylation is 1. The van der Waals surface area contributed by atoms with E-state index in [0.717, 1.165) is 10.7 Å². The summed E-state index contributed by atoms with van der Waals surface area (Å²) < 4.78 is 13.5. The van der Waals surface area contributed by atoms with Gasteiger partial charge in [0.2, 0.25) is 0 Å². The van der Waals surface area contributed by atoms with E-state index in [-0.39, 0.29) is 11.9 Å². The molecule has 1 unspecified atom stereocenters. The lowest BCUT2D eigenvalue weighted by atomic mass is 10.0. The summed E-state index contributed by atoms with van der Waals surface area (Å²) in [5.74, 6) is -0.247. The lowest BCUT2D eigenvalue weighted by Gasteiger charge is -2.10. The summed E-state index contributed by atoms with van der Waals surface area (Å²) >= 11 is 1.56. The maximum absolute atomic E-state index is 13.5. The molecule has 0 aliphatic rings. The topological polar surface area (TPSA) is 38.9 Å². The highest BCUT2D eigenvalue weighted by Gasteiger charge is 2.12. The highest BCUT2D eigenvalue weighted by molar-refractivity contribution is 7.09. The molecule has 2 N–H and O–H groups in total. The molecule has 0 bridgehead atoms. The van der Waals surface area contributed by atoms with Crippen LogP contribution in [0.3, 0.4) is 0 Å². The van der Waals surface area contributed by atoms with E-state index in [4.69, 9.17) is 5.73 Å². The molecular weight excluding hydrogens is 223 g/mol. The smallest absolute Gasteiger partial charge is 0.127 e. The number of thiazole rings is 1. The molecular formula is C12H13FN2S. The minimum absolute atomic E-state index is 0.247. The fourth-order valence-electron chi connectivity index (χ4n) is 1.57. The third kappa shape index (κ3) is 2.46. The summed E-state index contributed by atoms with van der Waals surface area (Å²) in [6.07, 6.45) is 0.583.